The number of methoxy groups -OCH3 is 1. The van der Waals surface area contributed by atoms with Gasteiger partial charge >= 0.3 is 0 Å². The molecule has 0 aliphatic carbocycles. The zero-order chi connectivity index (χ0) is 21.5. The fourth-order valence-electron chi connectivity index (χ4n) is 2.81. The average Bonchev–Trinajstić information content (AvgIpc) is 3.16. The molecule has 7 nitrogen and oxygen atoms in total. The molecule has 0 saturated carbocycles. The number of nitrogens with two attached hydrogens (primary N) is 1. The van der Waals surface area contributed by atoms with Gasteiger partial charge in [-0.25, -0.2) is 18.8 Å². The summed E-state index contributed by atoms with van der Waals surface area (Å²) in [5, 5.41) is 4.30. The van der Waals surface area contributed by atoms with Crippen molar-refractivity contribution < 1.29 is 13.5 Å². The van der Waals surface area contributed by atoms with Crippen LogP contribution in [-0.4, -0.2) is 47.9 Å². The first kappa shape index (κ1) is 21.4. The monoisotopic (exact) mass is 414 g/mol. The molecule has 2 aromatic heterocycles. The van der Waals surface area contributed by atoms with E-state index in [0.717, 1.165) is 30.1 Å². The summed E-state index contributed by atoms with van der Waals surface area (Å²) in [7, 11) is 3.62. The Balaban J connectivity index is 1.60. The third kappa shape index (κ3) is 5.84. The standard InChI is InChI=1S/C21H24F2N6O/c1-28(9-10-30-2)21-6-4-15(13-25-21)12-19(24)26-20-7-8-29(27-20)14-16-3-5-17(22)18(23)11-16/h3-8,11,13H,9-10,12,14H2,1-2H3,(H2,24,26,27). The van der Waals surface area contributed by atoms with Crippen LogP contribution in [0.1, 0.15) is 11.1 Å². The van der Waals surface area contributed by atoms with Crippen LogP contribution < -0.4 is 10.6 Å². The van der Waals surface area contributed by atoms with Crippen molar-refractivity contribution in [1.29, 1.82) is 0 Å². The van der Waals surface area contributed by atoms with Crippen LogP contribution >= 0.6 is 0 Å². The van der Waals surface area contributed by atoms with E-state index >= 15 is 0 Å². The van der Waals surface area contributed by atoms with Gasteiger partial charge < -0.3 is 15.4 Å². The smallest absolute Gasteiger partial charge is 0.175 e. The number of anilines is 1. The van der Waals surface area contributed by atoms with Gasteiger partial charge in [0.15, 0.2) is 17.5 Å². The van der Waals surface area contributed by atoms with E-state index in [1.807, 2.05) is 24.1 Å². The van der Waals surface area contributed by atoms with E-state index in [0.29, 0.717) is 36.8 Å². The zero-order valence-corrected chi connectivity index (χ0v) is 16.9. The number of hydrogen-bond acceptors (Lipinski definition) is 5. The van der Waals surface area contributed by atoms with Crippen molar-refractivity contribution in [3.8, 4) is 0 Å². The number of aromatic nitrogens is 3. The average molecular weight is 414 g/mol. The molecule has 0 unspecified atom stereocenters. The number of pyridine rings is 1. The van der Waals surface area contributed by atoms with Crippen molar-refractivity contribution in [3.63, 3.8) is 0 Å². The molecule has 2 heterocycles. The molecule has 0 bridgehead atoms. The quantitative estimate of drug-likeness (QED) is 0.430. The number of nitrogens with zero attached hydrogens (tertiary/aromatic N) is 5. The fraction of sp³-hybridized carbons (Fsp3) is 0.286. The predicted molar refractivity (Wildman–Crippen MR) is 112 cm³/mol. The van der Waals surface area contributed by atoms with Crippen molar-refractivity contribution in [1.82, 2.24) is 14.8 Å². The van der Waals surface area contributed by atoms with Crippen molar-refractivity contribution in [2.24, 2.45) is 10.7 Å². The van der Waals surface area contributed by atoms with Gasteiger partial charge in [0.2, 0.25) is 0 Å². The number of ether oxygens (including phenoxy) is 1. The second-order valence-corrected chi connectivity index (χ2v) is 6.84. The second-order valence-electron chi connectivity index (χ2n) is 6.84. The molecule has 0 aliphatic heterocycles. The van der Waals surface area contributed by atoms with Crippen LogP contribution in [0.15, 0.2) is 53.8 Å². The summed E-state index contributed by atoms with van der Waals surface area (Å²) >= 11 is 0. The highest BCUT2D eigenvalue weighted by molar-refractivity contribution is 5.84. The molecule has 0 amide bonds. The van der Waals surface area contributed by atoms with Crippen molar-refractivity contribution in [2.75, 3.05) is 32.2 Å². The van der Waals surface area contributed by atoms with Crippen LogP contribution in [0, 0.1) is 11.6 Å². The van der Waals surface area contributed by atoms with Crippen molar-refractivity contribution >= 4 is 17.5 Å². The number of benzene rings is 1. The van der Waals surface area contributed by atoms with Gasteiger partial charge in [-0.15, -0.1) is 0 Å². The SMILES string of the molecule is COCCN(C)c1ccc(CC(N)=Nc2ccn(Cc3ccc(F)c(F)c3)n2)cn1. The van der Waals surface area contributed by atoms with E-state index in [2.05, 4.69) is 15.1 Å². The highest BCUT2D eigenvalue weighted by Crippen LogP contribution is 2.14. The van der Waals surface area contributed by atoms with E-state index in [9.17, 15) is 8.78 Å². The molecule has 0 radical (unpaired) electrons. The Bertz CT molecular complexity index is 1000. The van der Waals surface area contributed by atoms with Gasteiger partial charge in [-0.05, 0) is 29.3 Å². The maximum absolute atomic E-state index is 13.3. The molecule has 158 valence electrons. The molecule has 9 heteroatoms. The first-order valence-electron chi connectivity index (χ1n) is 9.40. The molecule has 30 heavy (non-hydrogen) atoms. The van der Waals surface area contributed by atoms with E-state index < -0.39 is 11.6 Å². The lowest BCUT2D eigenvalue weighted by atomic mass is 10.2. The minimum Gasteiger partial charge on any atom is -0.387 e. The molecule has 1 aromatic carbocycles. The first-order chi connectivity index (χ1) is 14.4. The molecule has 0 fully saturated rings. The second kappa shape index (κ2) is 9.93. The van der Waals surface area contributed by atoms with Gasteiger partial charge in [-0.1, -0.05) is 12.1 Å². The fourth-order valence-corrected chi connectivity index (χ4v) is 2.81. The number of hydrogen-bond donors (Lipinski definition) is 1. The van der Waals surface area contributed by atoms with Gasteiger partial charge in [-0.2, -0.15) is 5.10 Å². The van der Waals surface area contributed by atoms with Gasteiger partial charge in [0.05, 0.1) is 13.2 Å². The topological polar surface area (TPSA) is 81.6 Å². The van der Waals surface area contributed by atoms with Gasteiger partial charge in [-0.3, -0.25) is 4.68 Å². The Morgan fingerprint density at radius 3 is 2.67 bits per heavy atom. The lowest BCUT2D eigenvalue weighted by Gasteiger charge is -2.17. The van der Waals surface area contributed by atoms with Crippen LogP contribution in [0.4, 0.5) is 20.4 Å². The molecule has 0 saturated heterocycles. The van der Waals surface area contributed by atoms with Crippen LogP contribution in [0.5, 0.6) is 0 Å². The van der Waals surface area contributed by atoms with E-state index in [-0.39, 0.29) is 0 Å². The zero-order valence-electron chi connectivity index (χ0n) is 16.9. The highest BCUT2D eigenvalue weighted by atomic mass is 19.2. The molecular formula is C21H24F2N6O. The van der Waals surface area contributed by atoms with Crippen molar-refractivity contribution in [2.45, 2.75) is 13.0 Å². The maximum Gasteiger partial charge on any atom is 0.175 e. The number of aliphatic imine (C=N–C) groups is 1. The summed E-state index contributed by atoms with van der Waals surface area (Å²) in [4.78, 5) is 10.8. The Hall–Kier alpha value is -3.33. The number of amidine groups is 1. The van der Waals surface area contributed by atoms with E-state index in [1.165, 1.54) is 6.07 Å². The Labute approximate surface area is 173 Å². The van der Waals surface area contributed by atoms with Crippen LogP contribution in [0.3, 0.4) is 0 Å². The molecular weight excluding hydrogens is 390 g/mol. The summed E-state index contributed by atoms with van der Waals surface area (Å²) in [5.74, 6) is -0.0651. The predicted octanol–water partition coefficient (Wildman–Crippen LogP) is 2.92. The lowest BCUT2D eigenvalue weighted by molar-refractivity contribution is 0.206. The summed E-state index contributed by atoms with van der Waals surface area (Å²) in [6, 6.07) is 9.35. The number of rotatable bonds is 9. The largest absolute Gasteiger partial charge is 0.387 e. The Morgan fingerprint density at radius 1 is 1.17 bits per heavy atom. The third-order valence-corrected chi connectivity index (χ3v) is 4.43. The van der Waals surface area contributed by atoms with Crippen LogP contribution in [0.25, 0.3) is 0 Å². The molecule has 0 atom stereocenters. The van der Waals surface area contributed by atoms with Gasteiger partial charge in [0.1, 0.15) is 11.7 Å². The molecule has 3 rings (SSSR count). The molecule has 0 spiro atoms. The van der Waals surface area contributed by atoms with Crippen LogP contribution in [-0.2, 0) is 17.7 Å². The summed E-state index contributed by atoms with van der Waals surface area (Å²) in [6.07, 6.45) is 3.91. The first-order valence-corrected chi connectivity index (χ1v) is 9.40. The Morgan fingerprint density at radius 2 is 1.97 bits per heavy atom. The van der Waals surface area contributed by atoms with Crippen LogP contribution in [0.2, 0.25) is 0 Å². The van der Waals surface area contributed by atoms with Gasteiger partial charge in [0, 0.05) is 45.6 Å². The Kier molecular flexibility index (Phi) is 7.08. The summed E-state index contributed by atoms with van der Waals surface area (Å²) in [6.45, 7) is 1.68. The minimum atomic E-state index is -0.883. The molecule has 0 aliphatic rings. The van der Waals surface area contributed by atoms with Gasteiger partial charge in [0.25, 0.3) is 0 Å². The summed E-state index contributed by atoms with van der Waals surface area (Å²) in [5.41, 5.74) is 7.59. The third-order valence-electron chi connectivity index (χ3n) is 4.43. The number of halogens is 2. The highest BCUT2D eigenvalue weighted by Gasteiger charge is 2.06. The lowest BCUT2D eigenvalue weighted by Crippen LogP contribution is -2.23. The minimum absolute atomic E-state index is 0.300. The normalized spacial score (nSPS) is 11.7. The maximum atomic E-state index is 13.3. The molecule has 3 aromatic rings. The molecule has 2 N–H and O–H groups in total. The number of likely N-dealkylation sites (N-methyl/N-ethyl adjacent to an activating group) is 1. The summed E-state index contributed by atoms with van der Waals surface area (Å²) < 4.78 is 33.0. The van der Waals surface area contributed by atoms with E-state index in [1.54, 1.807) is 30.3 Å². The van der Waals surface area contributed by atoms with Crippen molar-refractivity contribution in [3.05, 3.63) is 71.6 Å². The van der Waals surface area contributed by atoms with E-state index in [4.69, 9.17) is 10.5 Å².